The second-order valence-electron chi connectivity index (χ2n) is 2.87. The summed E-state index contributed by atoms with van der Waals surface area (Å²) >= 11 is 2.22. The molecule has 0 aliphatic carbocycles. The fraction of sp³-hybridized carbons (Fsp3) is 0. The van der Waals surface area contributed by atoms with E-state index in [1.54, 1.807) is 6.20 Å². The van der Waals surface area contributed by atoms with Crippen molar-refractivity contribution in [3.05, 3.63) is 52.2 Å². The summed E-state index contributed by atoms with van der Waals surface area (Å²) in [5.74, 6) is 0.630. The average molecular weight is 309 g/mol. The predicted molar refractivity (Wildman–Crippen MR) is 67.6 cm³/mol. The molecule has 0 amide bonds. The Morgan fingerprint density at radius 1 is 1.00 bits per heavy atom. The SMILES string of the molecule is Ic1ccnc(N=Nc2ccccc2)c1. The quantitative estimate of drug-likeness (QED) is 0.608. The molecule has 1 aromatic carbocycles. The van der Waals surface area contributed by atoms with E-state index < -0.39 is 0 Å². The maximum atomic E-state index is 4.09. The van der Waals surface area contributed by atoms with Gasteiger partial charge >= 0.3 is 0 Å². The van der Waals surface area contributed by atoms with Gasteiger partial charge in [0.2, 0.25) is 0 Å². The van der Waals surface area contributed by atoms with Crippen LogP contribution in [0, 0.1) is 3.57 Å². The molecule has 4 heteroatoms. The van der Waals surface area contributed by atoms with Gasteiger partial charge in [-0.05, 0) is 46.9 Å². The first-order valence-electron chi connectivity index (χ1n) is 4.43. The van der Waals surface area contributed by atoms with Gasteiger partial charge in [0.25, 0.3) is 0 Å². The van der Waals surface area contributed by atoms with E-state index in [1.807, 2.05) is 42.5 Å². The number of aromatic nitrogens is 1. The molecule has 1 aromatic heterocycles. The van der Waals surface area contributed by atoms with Crippen LogP contribution in [0.15, 0.2) is 58.9 Å². The van der Waals surface area contributed by atoms with Crippen LogP contribution in [0.1, 0.15) is 0 Å². The van der Waals surface area contributed by atoms with Gasteiger partial charge < -0.3 is 0 Å². The number of hydrogen-bond acceptors (Lipinski definition) is 3. The molecule has 15 heavy (non-hydrogen) atoms. The Hall–Kier alpha value is -1.30. The van der Waals surface area contributed by atoms with Crippen LogP contribution >= 0.6 is 22.6 Å². The Morgan fingerprint density at radius 2 is 1.80 bits per heavy atom. The maximum Gasteiger partial charge on any atom is 0.175 e. The van der Waals surface area contributed by atoms with Gasteiger partial charge in [-0.1, -0.05) is 18.2 Å². The second kappa shape index (κ2) is 4.97. The van der Waals surface area contributed by atoms with Gasteiger partial charge in [-0.3, -0.25) is 0 Å². The fourth-order valence-electron chi connectivity index (χ4n) is 1.05. The normalized spacial score (nSPS) is 10.7. The van der Waals surface area contributed by atoms with Crippen molar-refractivity contribution in [3.63, 3.8) is 0 Å². The van der Waals surface area contributed by atoms with Crippen molar-refractivity contribution >= 4 is 34.1 Å². The molecule has 0 aliphatic heterocycles. The number of azo groups is 1. The van der Waals surface area contributed by atoms with Gasteiger partial charge in [0.05, 0.1) is 5.69 Å². The van der Waals surface area contributed by atoms with E-state index in [4.69, 9.17) is 0 Å². The van der Waals surface area contributed by atoms with Crippen molar-refractivity contribution in [2.45, 2.75) is 0 Å². The number of hydrogen-bond donors (Lipinski definition) is 0. The topological polar surface area (TPSA) is 37.6 Å². The van der Waals surface area contributed by atoms with Crippen LogP contribution in [-0.2, 0) is 0 Å². The first-order valence-corrected chi connectivity index (χ1v) is 5.51. The van der Waals surface area contributed by atoms with Crippen molar-refractivity contribution in [2.24, 2.45) is 10.2 Å². The summed E-state index contributed by atoms with van der Waals surface area (Å²) in [5, 5.41) is 8.12. The van der Waals surface area contributed by atoms with Gasteiger partial charge in [0.15, 0.2) is 5.82 Å². The molecular formula is C11H8IN3. The van der Waals surface area contributed by atoms with Crippen molar-refractivity contribution in [1.82, 2.24) is 4.98 Å². The van der Waals surface area contributed by atoms with E-state index in [0.29, 0.717) is 5.82 Å². The smallest absolute Gasteiger partial charge is 0.175 e. The summed E-state index contributed by atoms with van der Waals surface area (Å²) < 4.78 is 1.10. The zero-order valence-electron chi connectivity index (χ0n) is 7.84. The molecule has 74 valence electrons. The minimum atomic E-state index is 0.630. The summed E-state index contributed by atoms with van der Waals surface area (Å²) in [6, 6.07) is 13.4. The molecule has 0 aliphatic rings. The highest BCUT2D eigenvalue weighted by Crippen LogP contribution is 2.16. The summed E-state index contributed by atoms with van der Waals surface area (Å²) in [5.41, 5.74) is 0.832. The number of halogens is 1. The van der Waals surface area contributed by atoms with Gasteiger partial charge in [-0.15, -0.1) is 10.2 Å². The lowest BCUT2D eigenvalue weighted by atomic mass is 10.3. The zero-order valence-corrected chi connectivity index (χ0v) is 10.00. The van der Waals surface area contributed by atoms with Crippen LogP contribution < -0.4 is 0 Å². The Morgan fingerprint density at radius 3 is 2.53 bits per heavy atom. The monoisotopic (exact) mass is 309 g/mol. The van der Waals surface area contributed by atoms with Crippen LogP contribution in [0.4, 0.5) is 11.5 Å². The molecule has 0 radical (unpaired) electrons. The lowest BCUT2D eigenvalue weighted by Gasteiger charge is -1.92. The van der Waals surface area contributed by atoms with Crippen molar-refractivity contribution in [3.8, 4) is 0 Å². The first-order chi connectivity index (χ1) is 7.34. The molecular weight excluding hydrogens is 301 g/mol. The van der Waals surface area contributed by atoms with Gasteiger partial charge in [0.1, 0.15) is 0 Å². The summed E-state index contributed by atoms with van der Waals surface area (Å²) in [4.78, 5) is 4.09. The van der Waals surface area contributed by atoms with Crippen molar-refractivity contribution in [1.29, 1.82) is 0 Å². The molecule has 2 rings (SSSR count). The standard InChI is InChI=1S/C11H8IN3/c12-9-6-7-13-11(8-9)15-14-10-4-2-1-3-5-10/h1-8H. The molecule has 0 saturated carbocycles. The van der Waals surface area contributed by atoms with E-state index >= 15 is 0 Å². The molecule has 0 bridgehead atoms. The molecule has 1 heterocycles. The van der Waals surface area contributed by atoms with E-state index in [-0.39, 0.29) is 0 Å². The fourth-order valence-corrected chi connectivity index (χ4v) is 1.49. The van der Waals surface area contributed by atoms with Gasteiger partial charge in [0, 0.05) is 9.77 Å². The molecule has 2 aromatic rings. The summed E-state index contributed by atoms with van der Waals surface area (Å²) in [6.45, 7) is 0. The maximum absolute atomic E-state index is 4.09. The van der Waals surface area contributed by atoms with Gasteiger partial charge in [-0.2, -0.15) is 0 Å². The van der Waals surface area contributed by atoms with E-state index in [2.05, 4.69) is 37.8 Å². The lowest BCUT2D eigenvalue weighted by Crippen LogP contribution is -1.73. The Kier molecular flexibility index (Phi) is 3.39. The molecule has 0 spiro atoms. The third kappa shape index (κ3) is 3.09. The molecule has 0 N–H and O–H groups in total. The number of benzene rings is 1. The lowest BCUT2D eigenvalue weighted by molar-refractivity contribution is 1.15. The zero-order chi connectivity index (χ0) is 10.5. The highest BCUT2D eigenvalue weighted by molar-refractivity contribution is 14.1. The highest BCUT2D eigenvalue weighted by Gasteiger charge is 1.92. The van der Waals surface area contributed by atoms with Crippen LogP contribution in [0.25, 0.3) is 0 Å². The van der Waals surface area contributed by atoms with Crippen molar-refractivity contribution < 1.29 is 0 Å². The van der Waals surface area contributed by atoms with Crippen molar-refractivity contribution in [2.75, 3.05) is 0 Å². The molecule has 0 fully saturated rings. The van der Waals surface area contributed by atoms with Crippen LogP contribution in [-0.4, -0.2) is 4.98 Å². The van der Waals surface area contributed by atoms with Crippen LogP contribution in [0.2, 0.25) is 0 Å². The van der Waals surface area contributed by atoms with Crippen LogP contribution in [0.5, 0.6) is 0 Å². The third-order valence-electron chi connectivity index (χ3n) is 1.73. The largest absolute Gasteiger partial charge is 0.236 e. The highest BCUT2D eigenvalue weighted by atomic mass is 127. The molecule has 0 saturated heterocycles. The third-order valence-corrected chi connectivity index (χ3v) is 2.40. The molecule has 3 nitrogen and oxygen atoms in total. The number of rotatable bonds is 2. The minimum Gasteiger partial charge on any atom is -0.236 e. The average Bonchev–Trinajstić information content (AvgIpc) is 2.28. The summed E-state index contributed by atoms with van der Waals surface area (Å²) in [6.07, 6.45) is 1.72. The number of nitrogens with zero attached hydrogens (tertiary/aromatic N) is 3. The minimum absolute atomic E-state index is 0.630. The molecule has 0 atom stereocenters. The van der Waals surface area contributed by atoms with Gasteiger partial charge in [-0.25, -0.2) is 4.98 Å². The molecule has 0 unspecified atom stereocenters. The van der Waals surface area contributed by atoms with E-state index in [1.165, 1.54) is 0 Å². The Balaban J connectivity index is 2.19. The van der Waals surface area contributed by atoms with E-state index in [0.717, 1.165) is 9.26 Å². The predicted octanol–water partition coefficient (Wildman–Crippen LogP) is 4.10. The number of pyridine rings is 1. The van der Waals surface area contributed by atoms with Crippen LogP contribution in [0.3, 0.4) is 0 Å². The Labute approximate surface area is 101 Å². The van der Waals surface area contributed by atoms with E-state index in [9.17, 15) is 0 Å². The first kappa shape index (κ1) is 10.2. The Bertz CT molecular complexity index is 468. The summed E-state index contributed by atoms with van der Waals surface area (Å²) in [7, 11) is 0. The second-order valence-corrected chi connectivity index (χ2v) is 4.11.